The highest BCUT2D eigenvalue weighted by molar-refractivity contribution is 7.99. The van der Waals surface area contributed by atoms with Crippen LogP contribution in [0.5, 0.6) is 0 Å². The van der Waals surface area contributed by atoms with E-state index in [1.165, 1.54) is 73.0 Å². The van der Waals surface area contributed by atoms with Crippen LogP contribution in [0.4, 0.5) is 0 Å². The molecule has 3 heterocycles. The zero-order valence-electron chi connectivity index (χ0n) is 35.4. The number of carboxylic acids is 3. The first kappa shape index (κ1) is 52.9. The summed E-state index contributed by atoms with van der Waals surface area (Å²) in [5.41, 5.74) is 1.57. The number of carbonyl (C=O) groups is 6. The molecule has 12 heteroatoms. The number of aliphatic carboxylic acids is 3. The third-order valence-electron chi connectivity index (χ3n) is 8.86. The fraction of sp³-hybridized carbons (Fsp3) is 0.591. The lowest BCUT2D eigenvalue weighted by Gasteiger charge is -2.28. The summed E-state index contributed by atoms with van der Waals surface area (Å²) in [5.74, 6) is 6.20. The molecular weight excluding hydrogens is 769 g/mol. The minimum absolute atomic E-state index is 0.0885. The summed E-state index contributed by atoms with van der Waals surface area (Å²) in [5, 5.41) is 26.7. The highest BCUT2D eigenvalue weighted by atomic mass is 32.2. The second-order valence-corrected chi connectivity index (χ2v) is 23.6. The molecule has 0 unspecified atom stereocenters. The van der Waals surface area contributed by atoms with Crippen molar-refractivity contribution in [3.63, 3.8) is 0 Å². The van der Waals surface area contributed by atoms with Crippen molar-refractivity contribution in [2.75, 3.05) is 40.3 Å². The van der Waals surface area contributed by atoms with Crippen molar-refractivity contribution in [1.29, 1.82) is 0 Å². The summed E-state index contributed by atoms with van der Waals surface area (Å²) >= 11 is 0. The van der Waals surface area contributed by atoms with Crippen molar-refractivity contribution in [3.8, 4) is 0 Å². The van der Waals surface area contributed by atoms with Crippen LogP contribution in [-0.2, 0) is 51.9 Å². The van der Waals surface area contributed by atoms with E-state index in [0.29, 0.717) is 39.1 Å². The molecule has 3 aliphatic rings. The maximum Gasteiger partial charge on any atom is 0.217 e. The predicted molar refractivity (Wildman–Crippen MR) is 230 cm³/mol. The lowest BCUT2D eigenvalue weighted by atomic mass is 9.84. The smallest absolute Gasteiger partial charge is 0.217 e. The van der Waals surface area contributed by atoms with E-state index in [-0.39, 0.29) is 25.8 Å². The van der Waals surface area contributed by atoms with Gasteiger partial charge in [0.15, 0.2) is 21.0 Å². The van der Waals surface area contributed by atoms with Gasteiger partial charge in [-0.05, 0) is 97.9 Å². The van der Waals surface area contributed by atoms with Crippen LogP contribution < -0.4 is 15.3 Å². The topological polar surface area (TPSA) is 172 Å². The van der Waals surface area contributed by atoms with Crippen molar-refractivity contribution in [2.45, 2.75) is 117 Å². The monoisotopic (exact) mass is 834 g/mol. The Labute approximate surface area is 345 Å². The Balaban J connectivity index is 0.000000709. The maximum absolute atomic E-state index is 12.5. The van der Waals surface area contributed by atoms with Crippen LogP contribution in [0.15, 0.2) is 60.7 Å². The Morgan fingerprint density at radius 3 is 1.14 bits per heavy atom. The summed E-state index contributed by atoms with van der Waals surface area (Å²) in [4.78, 5) is 63.2. The first-order valence-corrected chi connectivity index (χ1v) is 24.0. The number of rotatable bonds is 8. The molecule has 3 fully saturated rings. The van der Waals surface area contributed by atoms with Crippen LogP contribution in [0, 0.1) is 5.41 Å². The van der Waals surface area contributed by atoms with Crippen LogP contribution in [0.25, 0.3) is 0 Å². The molecule has 0 N–H and O–H groups in total. The van der Waals surface area contributed by atoms with Crippen LogP contribution in [0.1, 0.15) is 128 Å². The zero-order chi connectivity index (χ0) is 43.1. The van der Waals surface area contributed by atoms with Gasteiger partial charge in [-0.3, -0.25) is 14.4 Å². The summed E-state index contributed by atoms with van der Waals surface area (Å²) in [6.45, 7) is 17.6. The Bertz CT molecular complexity index is 1440. The number of Topliss-reactive ketones (excluding diaryl/α,β-unsaturated/α-hetero) is 3. The molecule has 2 aromatic carbocycles. The second-order valence-electron chi connectivity index (χ2n) is 15.6. The van der Waals surface area contributed by atoms with Gasteiger partial charge in [-0.25, -0.2) is 0 Å². The molecule has 0 aromatic heterocycles. The lowest BCUT2D eigenvalue weighted by Crippen LogP contribution is -2.47. The quantitative estimate of drug-likeness (QED) is 0.276. The summed E-state index contributed by atoms with van der Waals surface area (Å²) < 4.78 is -0.257. The highest BCUT2D eigenvalue weighted by Gasteiger charge is 2.50. The first-order chi connectivity index (χ1) is 25.9. The van der Waals surface area contributed by atoms with E-state index in [4.69, 9.17) is 29.7 Å². The molecule has 5 rings (SSSR count). The number of carboxylic acid groups (broad SMARTS) is 3. The SMILES string of the molecule is CC(=O)[O-].CC(=O)[O-].CC(=O)[O-].CC(C)(C(=O)c1ccccc1)[S+]1CCCC1.CC(C)(C)C(=O)C(C)(C)[S+]1CCCC1.O=C(C[S+]1CCCC1)c1ccccc1. The van der Waals surface area contributed by atoms with Gasteiger partial charge in [0.1, 0.15) is 34.5 Å². The minimum Gasteiger partial charge on any atom is -0.550 e. The fourth-order valence-corrected chi connectivity index (χ4v) is 14.0. The van der Waals surface area contributed by atoms with Crippen LogP contribution in [-0.4, -0.2) is 85.0 Å². The third-order valence-corrected chi connectivity index (χ3v) is 17.7. The summed E-state index contributed by atoms with van der Waals surface area (Å²) in [7, 11) is 1.01. The molecule has 56 heavy (non-hydrogen) atoms. The fourth-order valence-electron chi connectivity index (χ4n) is 6.18. The number of benzene rings is 2. The van der Waals surface area contributed by atoms with Gasteiger partial charge in [0.05, 0.1) is 0 Å². The normalized spacial score (nSPS) is 15.7. The lowest BCUT2D eigenvalue weighted by molar-refractivity contribution is -0.303. The van der Waals surface area contributed by atoms with Crippen molar-refractivity contribution in [2.24, 2.45) is 5.41 Å². The highest BCUT2D eigenvalue weighted by Crippen LogP contribution is 2.34. The van der Waals surface area contributed by atoms with Gasteiger partial charge in [0, 0.05) is 56.2 Å². The van der Waals surface area contributed by atoms with Gasteiger partial charge < -0.3 is 29.7 Å². The molecule has 3 saturated heterocycles. The van der Waals surface area contributed by atoms with Crippen molar-refractivity contribution in [3.05, 3.63) is 71.8 Å². The van der Waals surface area contributed by atoms with E-state index < -0.39 is 17.9 Å². The van der Waals surface area contributed by atoms with E-state index in [1.54, 1.807) is 0 Å². The van der Waals surface area contributed by atoms with Crippen LogP contribution >= 0.6 is 0 Å². The molecule has 0 spiro atoms. The third kappa shape index (κ3) is 22.0. The number of hydrogen-bond donors (Lipinski definition) is 0. The molecule has 3 aliphatic heterocycles. The molecule has 314 valence electrons. The van der Waals surface area contributed by atoms with Crippen LogP contribution in [0.3, 0.4) is 0 Å². The summed E-state index contributed by atoms with van der Waals surface area (Å²) in [6, 6.07) is 19.4. The zero-order valence-corrected chi connectivity index (χ0v) is 37.8. The number of hydrogen-bond acceptors (Lipinski definition) is 9. The first-order valence-electron chi connectivity index (χ1n) is 19.2. The van der Waals surface area contributed by atoms with E-state index in [9.17, 15) is 14.4 Å². The molecule has 9 nitrogen and oxygen atoms in total. The molecular formula is C44H66O9S3. The van der Waals surface area contributed by atoms with Crippen LogP contribution in [0.2, 0.25) is 0 Å². The molecule has 0 amide bonds. The van der Waals surface area contributed by atoms with E-state index in [2.05, 4.69) is 27.7 Å². The Kier molecular flexibility index (Phi) is 25.3. The van der Waals surface area contributed by atoms with Gasteiger partial charge >= 0.3 is 0 Å². The molecule has 0 radical (unpaired) electrons. The molecule has 2 aromatic rings. The summed E-state index contributed by atoms with van der Waals surface area (Å²) in [6.07, 6.45) is 7.90. The second kappa shape index (κ2) is 26.8. The largest absolute Gasteiger partial charge is 0.550 e. The Morgan fingerprint density at radius 2 is 0.804 bits per heavy atom. The molecule has 0 bridgehead atoms. The van der Waals surface area contributed by atoms with E-state index >= 15 is 0 Å². The van der Waals surface area contributed by atoms with Gasteiger partial charge in [-0.1, -0.05) is 81.4 Å². The molecule has 0 aliphatic carbocycles. The average molecular weight is 835 g/mol. The van der Waals surface area contributed by atoms with E-state index in [0.717, 1.165) is 37.7 Å². The average Bonchev–Trinajstić information content (AvgIpc) is 3.93. The van der Waals surface area contributed by atoms with Crippen molar-refractivity contribution in [1.82, 2.24) is 0 Å². The molecule has 0 atom stereocenters. The number of ketones is 3. The van der Waals surface area contributed by atoms with E-state index in [1.807, 2.05) is 81.4 Å². The predicted octanol–water partition coefficient (Wildman–Crippen LogP) is 4.40. The Morgan fingerprint density at radius 1 is 0.500 bits per heavy atom. The van der Waals surface area contributed by atoms with Gasteiger partial charge in [-0.15, -0.1) is 0 Å². The van der Waals surface area contributed by atoms with Gasteiger partial charge in [0.25, 0.3) is 0 Å². The van der Waals surface area contributed by atoms with Crippen molar-refractivity contribution >= 4 is 67.9 Å². The minimum atomic E-state index is -1.08. The standard InChI is InChI=1S/C14H19OS.C12H15OS.C12H23OS.3C2H4O2/c1-14(2,16-10-6-7-11-16)13(15)12-8-4-3-5-9-12;13-12(10-14-8-4-5-9-14)11-6-2-1-3-7-11;1-11(2,3)10(13)12(4,5)14-8-6-7-9-14;3*1-2(3)4/h3-5,8-9H,6-7,10-11H2,1-2H3;1-3,6-7H,4-5,8-10H2;6-9H2,1-5H3;3*1H3,(H,3,4)/q3*+1;;;/p-3. The maximum atomic E-state index is 12.5. The molecule has 0 saturated carbocycles. The van der Waals surface area contributed by atoms with Crippen molar-refractivity contribution < 1.29 is 44.1 Å². The van der Waals surface area contributed by atoms with Gasteiger partial charge in [-0.2, -0.15) is 0 Å². The Hall–Kier alpha value is -3.09. The van der Waals surface area contributed by atoms with Gasteiger partial charge in [0.2, 0.25) is 11.6 Å². The number of carbonyl (C=O) groups excluding carboxylic acids is 6.